The van der Waals surface area contributed by atoms with E-state index in [0.29, 0.717) is 0 Å². The highest BCUT2D eigenvalue weighted by Gasteiger charge is 2.50. The zero-order valence-electron chi connectivity index (χ0n) is 36.0. The smallest absolute Gasteiger partial charge is 0.256 e. The third-order valence-electron chi connectivity index (χ3n) is 13.7. The average Bonchev–Trinajstić information content (AvgIpc) is 3.40. The Morgan fingerprint density at radius 3 is 0.727 bits per heavy atom. The topological polar surface area (TPSA) is 27.7 Å². The van der Waals surface area contributed by atoms with Crippen LogP contribution in [0.5, 0.6) is 34.5 Å². The van der Waals surface area contributed by atoms with Crippen LogP contribution in [0.1, 0.15) is 0 Å². The van der Waals surface area contributed by atoms with Crippen LogP contribution in [-0.2, 0) is 0 Å². The van der Waals surface area contributed by atoms with Crippen molar-refractivity contribution in [2.24, 2.45) is 0 Å². The van der Waals surface area contributed by atoms with E-state index in [9.17, 15) is 0 Å². The predicted molar refractivity (Wildman–Crippen MR) is 276 cm³/mol. The molecule has 0 atom stereocenters. The minimum absolute atomic E-state index is 0.280. The minimum Gasteiger partial charge on any atom is -0.459 e. The van der Waals surface area contributed by atoms with Crippen LogP contribution in [0.3, 0.4) is 0 Å². The largest absolute Gasteiger partial charge is 0.459 e. The van der Waals surface area contributed by atoms with Gasteiger partial charge in [-0.25, -0.2) is 0 Å². The van der Waals surface area contributed by atoms with Crippen LogP contribution in [0, 0.1) is 0 Å². The van der Waals surface area contributed by atoms with Gasteiger partial charge in [-0.2, -0.15) is 0 Å². The Hall–Kier alpha value is -8.21. The third-order valence-corrected chi connectivity index (χ3v) is 13.7. The fourth-order valence-corrected chi connectivity index (χ4v) is 11.0. The maximum Gasteiger partial charge on any atom is 0.256 e. The van der Waals surface area contributed by atoms with Gasteiger partial charge >= 0.3 is 0 Å². The molecule has 10 aromatic carbocycles. The highest BCUT2D eigenvalue weighted by atomic mass is 16.5. The minimum atomic E-state index is -0.280. The average molecular weight is 840 g/mol. The molecule has 0 spiro atoms. The summed E-state index contributed by atoms with van der Waals surface area (Å²) in [4.78, 5) is 0. The quantitative estimate of drug-likeness (QED) is 0.157. The van der Waals surface area contributed by atoms with Crippen molar-refractivity contribution in [2.75, 3.05) is 0 Å². The molecule has 0 amide bonds. The van der Waals surface area contributed by atoms with E-state index in [-0.39, 0.29) is 20.1 Å². The van der Waals surface area contributed by atoms with Gasteiger partial charge in [-0.05, 0) is 68.0 Å². The summed E-state index contributed by atoms with van der Waals surface area (Å²) in [7, 11) is 0. The van der Waals surface area contributed by atoms with E-state index in [2.05, 4.69) is 237 Å². The molecule has 3 heterocycles. The fraction of sp³-hybridized carbons (Fsp3) is 0. The van der Waals surface area contributed by atoms with Crippen molar-refractivity contribution in [3.05, 3.63) is 237 Å². The summed E-state index contributed by atoms with van der Waals surface area (Å²) >= 11 is 0. The lowest BCUT2D eigenvalue weighted by Gasteiger charge is -2.40. The molecule has 0 aromatic heterocycles. The predicted octanol–water partition coefficient (Wildman–Crippen LogP) is 8.55. The molecule has 306 valence electrons. The lowest BCUT2D eigenvalue weighted by Crippen LogP contribution is -2.66. The molecule has 0 saturated heterocycles. The molecular formula is C60H39B3O3. The van der Waals surface area contributed by atoms with E-state index in [4.69, 9.17) is 14.2 Å². The highest BCUT2D eigenvalue weighted by molar-refractivity contribution is 7.04. The molecular weight excluding hydrogens is 801 g/mol. The standard InChI is InChI=1S/C60H39B3O3/c1-4-22-40(23-5-1)43-28-10-13-31-46(43)61-49-34-16-19-37-52(49)64-58-55(61)59-57(62(50-35-17-20-38-53(50)65-59)47-32-14-11-29-44(47)41-24-6-2-7-25-41)60-56(58)63(51-36-18-21-39-54(51)66-60)48-33-15-12-30-45(48)42-26-8-3-9-27-42/h1-39H. The van der Waals surface area contributed by atoms with Gasteiger partial charge in [-0.3, -0.25) is 0 Å². The third kappa shape index (κ3) is 6.09. The van der Waals surface area contributed by atoms with Gasteiger partial charge < -0.3 is 14.2 Å². The Labute approximate surface area is 386 Å². The summed E-state index contributed by atoms with van der Waals surface area (Å²) in [5.41, 5.74) is 16.7. The Morgan fingerprint density at radius 1 is 0.212 bits per heavy atom. The van der Waals surface area contributed by atoms with Gasteiger partial charge in [0.1, 0.15) is 34.5 Å². The first-order chi connectivity index (χ1) is 32.8. The van der Waals surface area contributed by atoms with E-state index in [1.54, 1.807) is 0 Å². The Morgan fingerprint density at radius 2 is 0.439 bits per heavy atom. The van der Waals surface area contributed by atoms with Crippen molar-refractivity contribution >= 4 is 69.3 Å². The number of benzene rings is 10. The number of para-hydroxylation sites is 3. The van der Waals surface area contributed by atoms with Crippen molar-refractivity contribution in [3.63, 3.8) is 0 Å². The SMILES string of the molecule is c1ccc(-c2ccccc2B2c3ccccc3Oc3c2c2c(c4c3B(c3ccccc3-c3ccccc3)c3ccccc3O4)B(c3ccccc3-c3ccccc3)c3ccccc3O2)cc1. The van der Waals surface area contributed by atoms with E-state index in [0.717, 1.165) is 101 Å². The van der Waals surface area contributed by atoms with Crippen molar-refractivity contribution in [3.8, 4) is 67.9 Å². The lowest BCUT2D eigenvalue weighted by molar-refractivity contribution is 0.453. The summed E-state index contributed by atoms with van der Waals surface area (Å²) in [5.74, 6) is 4.76. The normalized spacial score (nSPS) is 12.8. The van der Waals surface area contributed by atoms with Crippen LogP contribution in [-0.4, -0.2) is 20.1 Å². The van der Waals surface area contributed by atoms with Crippen molar-refractivity contribution in [1.82, 2.24) is 0 Å². The van der Waals surface area contributed by atoms with Crippen molar-refractivity contribution in [1.29, 1.82) is 0 Å². The van der Waals surface area contributed by atoms with Crippen LogP contribution in [0.15, 0.2) is 237 Å². The Bertz CT molecular complexity index is 3100. The van der Waals surface area contributed by atoms with Gasteiger partial charge in [-0.1, -0.05) is 235 Å². The molecule has 3 nitrogen and oxygen atoms in total. The van der Waals surface area contributed by atoms with E-state index in [1.165, 1.54) is 16.4 Å². The number of fused-ring (bicyclic) bond motifs is 9. The molecule has 0 radical (unpaired) electrons. The van der Waals surface area contributed by atoms with Crippen LogP contribution in [0.2, 0.25) is 0 Å². The second-order valence-corrected chi connectivity index (χ2v) is 17.3. The molecule has 13 rings (SSSR count). The zero-order chi connectivity index (χ0) is 43.6. The van der Waals surface area contributed by atoms with Gasteiger partial charge in [0.2, 0.25) is 0 Å². The van der Waals surface area contributed by atoms with Gasteiger partial charge in [0, 0.05) is 16.4 Å². The monoisotopic (exact) mass is 840 g/mol. The van der Waals surface area contributed by atoms with E-state index >= 15 is 0 Å². The van der Waals surface area contributed by atoms with Crippen LogP contribution < -0.4 is 63.4 Å². The molecule has 3 aliphatic rings. The molecule has 66 heavy (non-hydrogen) atoms. The molecule has 3 aliphatic heterocycles. The van der Waals surface area contributed by atoms with Gasteiger partial charge in [0.05, 0.1) is 0 Å². The summed E-state index contributed by atoms with van der Waals surface area (Å²) in [5, 5.41) is 0. The number of rotatable bonds is 6. The van der Waals surface area contributed by atoms with E-state index < -0.39 is 0 Å². The maximum atomic E-state index is 7.51. The van der Waals surface area contributed by atoms with Crippen molar-refractivity contribution in [2.45, 2.75) is 0 Å². The first-order valence-electron chi connectivity index (χ1n) is 22.8. The number of hydrogen-bond donors (Lipinski definition) is 0. The first-order valence-corrected chi connectivity index (χ1v) is 22.8. The highest BCUT2D eigenvalue weighted by Crippen LogP contribution is 2.40. The van der Waals surface area contributed by atoms with Crippen LogP contribution in [0.25, 0.3) is 33.4 Å². The van der Waals surface area contributed by atoms with Crippen molar-refractivity contribution < 1.29 is 14.2 Å². The molecule has 0 unspecified atom stereocenters. The second kappa shape index (κ2) is 15.8. The van der Waals surface area contributed by atoms with Gasteiger partial charge in [-0.15, -0.1) is 0 Å². The summed E-state index contributed by atoms with van der Waals surface area (Å²) < 4.78 is 22.5. The second-order valence-electron chi connectivity index (χ2n) is 17.3. The molecule has 6 heteroatoms. The summed E-state index contributed by atoms with van der Waals surface area (Å²) in [6, 6.07) is 84.4. The van der Waals surface area contributed by atoms with E-state index in [1.807, 2.05) is 0 Å². The zero-order valence-corrected chi connectivity index (χ0v) is 36.0. The van der Waals surface area contributed by atoms with Crippen LogP contribution in [0.4, 0.5) is 0 Å². The first kappa shape index (κ1) is 38.3. The van der Waals surface area contributed by atoms with Gasteiger partial charge in [0.25, 0.3) is 20.1 Å². The molecule has 0 saturated carbocycles. The maximum absolute atomic E-state index is 7.51. The molecule has 0 fully saturated rings. The summed E-state index contributed by atoms with van der Waals surface area (Å²) in [6.07, 6.45) is 0. The summed E-state index contributed by atoms with van der Waals surface area (Å²) in [6.45, 7) is -0.839. The van der Waals surface area contributed by atoms with Gasteiger partial charge in [0.15, 0.2) is 0 Å². The molecule has 0 N–H and O–H groups in total. The molecule has 0 bridgehead atoms. The number of ether oxygens (including phenoxy) is 3. The molecule has 0 aliphatic carbocycles. The molecule has 10 aromatic rings. The lowest BCUT2D eigenvalue weighted by atomic mass is 9.28. The number of hydrogen-bond acceptors (Lipinski definition) is 3. The Balaban J connectivity index is 1.20. The Kier molecular flexibility index (Phi) is 9.16. The fourth-order valence-electron chi connectivity index (χ4n) is 11.0. The van der Waals surface area contributed by atoms with Crippen LogP contribution >= 0.6 is 0 Å².